The molecule has 230 valence electrons. The Morgan fingerprint density at radius 1 is 1.00 bits per heavy atom. The third-order valence-electron chi connectivity index (χ3n) is 8.04. The minimum Gasteiger partial charge on any atom is -0.493 e. The quantitative estimate of drug-likeness (QED) is 0.177. The number of hydrogen-bond donors (Lipinski definition) is 2. The number of benzene rings is 2. The first kappa shape index (κ1) is 29.7. The van der Waals surface area contributed by atoms with E-state index < -0.39 is 35.7 Å². The van der Waals surface area contributed by atoms with Gasteiger partial charge in [-0.05, 0) is 49.6 Å². The molecule has 4 heterocycles. The van der Waals surface area contributed by atoms with Crippen LogP contribution in [0.3, 0.4) is 0 Å². The van der Waals surface area contributed by atoms with Crippen LogP contribution in [-0.2, 0) is 14.4 Å². The van der Waals surface area contributed by atoms with E-state index in [1.165, 1.54) is 6.07 Å². The molecule has 1 fully saturated rings. The average molecular weight is 609 g/mol. The summed E-state index contributed by atoms with van der Waals surface area (Å²) in [6.07, 6.45) is 6.85. The third-order valence-corrected chi connectivity index (χ3v) is 8.04. The van der Waals surface area contributed by atoms with Gasteiger partial charge in [-0.3, -0.25) is 39.2 Å². The topological polar surface area (TPSA) is 148 Å². The molecule has 6 rings (SSSR count). The van der Waals surface area contributed by atoms with Gasteiger partial charge in [-0.1, -0.05) is 43.2 Å². The maximum Gasteiger partial charge on any atom is 0.266 e. The summed E-state index contributed by atoms with van der Waals surface area (Å²) < 4.78 is 11.9. The van der Waals surface area contributed by atoms with E-state index in [0.29, 0.717) is 31.6 Å². The second-order valence-corrected chi connectivity index (χ2v) is 11.1. The normalized spacial score (nSPS) is 16.9. The maximum atomic E-state index is 13.2. The Kier molecular flexibility index (Phi) is 8.68. The molecule has 2 N–H and O–H groups in total. The number of fused-ring (bicyclic) bond motifs is 2. The van der Waals surface area contributed by atoms with Crippen LogP contribution in [0.5, 0.6) is 5.75 Å². The number of para-hydroxylation sites is 1. The van der Waals surface area contributed by atoms with E-state index in [0.717, 1.165) is 34.3 Å². The zero-order valence-corrected chi connectivity index (χ0v) is 24.5. The first-order valence-corrected chi connectivity index (χ1v) is 15.1. The highest BCUT2D eigenvalue weighted by atomic mass is 16.5. The summed E-state index contributed by atoms with van der Waals surface area (Å²) in [6.45, 7) is 0.317. The number of ether oxygens (including phenoxy) is 1. The van der Waals surface area contributed by atoms with Gasteiger partial charge < -0.3 is 14.5 Å². The minimum absolute atomic E-state index is 0.0568. The average Bonchev–Trinajstić information content (AvgIpc) is 3.58. The van der Waals surface area contributed by atoms with Crippen molar-refractivity contribution in [2.24, 2.45) is 0 Å². The number of amides is 5. The largest absolute Gasteiger partial charge is 0.493 e. The van der Waals surface area contributed by atoms with Crippen LogP contribution in [0.15, 0.2) is 77.5 Å². The van der Waals surface area contributed by atoms with Gasteiger partial charge in [-0.15, -0.1) is 0 Å². The molecule has 2 aliphatic rings. The summed E-state index contributed by atoms with van der Waals surface area (Å²) in [5.74, 6) is -1.41. The highest BCUT2D eigenvalue weighted by Crippen LogP contribution is 2.34. The highest BCUT2D eigenvalue weighted by Gasteiger charge is 2.46. The molecule has 0 aliphatic carbocycles. The molecule has 4 aromatic rings. The Morgan fingerprint density at radius 3 is 2.64 bits per heavy atom. The van der Waals surface area contributed by atoms with Crippen LogP contribution in [-0.4, -0.2) is 52.1 Å². The van der Waals surface area contributed by atoms with Gasteiger partial charge in [0.25, 0.3) is 11.8 Å². The van der Waals surface area contributed by atoms with Crippen molar-refractivity contribution < 1.29 is 33.1 Å². The molecular formula is C34H32N4O7. The lowest BCUT2D eigenvalue weighted by Crippen LogP contribution is -2.54. The van der Waals surface area contributed by atoms with E-state index in [9.17, 15) is 24.0 Å². The lowest BCUT2D eigenvalue weighted by atomic mass is 10.0. The number of unbranched alkanes of at least 4 members (excludes halogenated alkanes) is 3. The molecular weight excluding hydrogens is 576 g/mol. The molecule has 45 heavy (non-hydrogen) atoms. The van der Waals surface area contributed by atoms with E-state index in [1.54, 1.807) is 24.5 Å². The number of nitrogens with one attached hydrogen (secondary N) is 2. The second-order valence-electron chi connectivity index (χ2n) is 11.1. The molecule has 11 nitrogen and oxygen atoms in total. The molecule has 2 aromatic heterocycles. The van der Waals surface area contributed by atoms with Crippen molar-refractivity contribution in [2.45, 2.75) is 57.0 Å². The monoisotopic (exact) mass is 608 g/mol. The number of rotatable bonds is 12. The van der Waals surface area contributed by atoms with E-state index >= 15 is 0 Å². The number of imide groups is 2. The lowest BCUT2D eigenvalue weighted by Gasteiger charge is -2.27. The lowest BCUT2D eigenvalue weighted by molar-refractivity contribution is -0.136. The second kappa shape index (κ2) is 13.1. The number of nitrogens with zero attached hydrogens (tertiary/aromatic N) is 2. The van der Waals surface area contributed by atoms with Crippen molar-refractivity contribution in [1.82, 2.24) is 20.5 Å². The van der Waals surface area contributed by atoms with Crippen LogP contribution in [0.4, 0.5) is 0 Å². The van der Waals surface area contributed by atoms with Crippen LogP contribution in [0, 0.1) is 0 Å². The van der Waals surface area contributed by atoms with Crippen LogP contribution in [0.25, 0.3) is 11.0 Å². The Morgan fingerprint density at radius 2 is 1.84 bits per heavy atom. The number of furan rings is 1. The highest BCUT2D eigenvalue weighted by molar-refractivity contribution is 6.24. The molecule has 0 radical (unpaired) electrons. The van der Waals surface area contributed by atoms with Crippen LogP contribution >= 0.6 is 0 Å². The Hall–Kier alpha value is -5.32. The molecule has 0 saturated carbocycles. The van der Waals surface area contributed by atoms with E-state index in [-0.39, 0.29) is 35.6 Å². The fraction of sp³-hybridized carbons (Fsp3) is 0.294. The van der Waals surface area contributed by atoms with Crippen molar-refractivity contribution >= 4 is 40.5 Å². The third kappa shape index (κ3) is 6.33. The molecule has 5 amide bonds. The van der Waals surface area contributed by atoms with Gasteiger partial charge in [0.2, 0.25) is 17.7 Å². The standard InChI is InChI=1S/C34H32N4O7/c39-28(36-31(22-10-8-17-35-20-22)27-19-21-9-4-5-12-25(21)45-27)14-3-1-2-6-18-44-26-13-7-11-23-30(26)34(43)38(33(23)42)24-15-16-29(40)37-32(24)41/h4-5,7-13,17,19-20,24,31H,1-3,6,14-16,18H2,(H,36,39)(H,37,40,41). The SMILES string of the molecule is O=C1CCC(N2C(=O)c3cccc(OCCCCCCC(=O)NC(c4cccnc4)c4cc5ccccc5o4)c3C2=O)C(=O)N1. The molecule has 2 unspecified atom stereocenters. The Balaban J connectivity index is 0.978. The summed E-state index contributed by atoms with van der Waals surface area (Å²) in [5.41, 5.74) is 1.90. The van der Waals surface area contributed by atoms with Gasteiger partial charge in [0, 0.05) is 36.2 Å². The van der Waals surface area contributed by atoms with Gasteiger partial charge in [0.1, 0.15) is 29.2 Å². The number of pyridine rings is 1. The van der Waals surface area contributed by atoms with Gasteiger partial charge in [0.15, 0.2) is 0 Å². The summed E-state index contributed by atoms with van der Waals surface area (Å²) in [7, 11) is 0. The summed E-state index contributed by atoms with van der Waals surface area (Å²) in [6, 6.07) is 16.7. The van der Waals surface area contributed by atoms with E-state index in [1.807, 2.05) is 42.5 Å². The van der Waals surface area contributed by atoms with Crippen molar-refractivity contribution in [3.05, 3.63) is 95.5 Å². The van der Waals surface area contributed by atoms with Crippen LogP contribution in [0.2, 0.25) is 0 Å². The van der Waals surface area contributed by atoms with Crippen molar-refractivity contribution in [1.29, 1.82) is 0 Å². The molecule has 2 atom stereocenters. The van der Waals surface area contributed by atoms with Gasteiger partial charge in [0.05, 0.1) is 17.7 Å². The number of piperidine rings is 1. The van der Waals surface area contributed by atoms with Crippen LogP contribution < -0.4 is 15.4 Å². The van der Waals surface area contributed by atoms with E-state index in [4.69, 9.17) is 9.15 Å². The summed E-state index contributed by atoms with van der Waals surface area (Å²) >= 11 is 0. The molecule has 0 bridgehead atoms. The number of aromatic nitrogens is 1. The van der Waals surface area contributed by atoms with Crippen molar-refractivity contribution in [2.75, 3.05) is 6.61 Å². The fourth-order valence-electron chi connectivity index (χ4n) is 5.77. The zero-order chi connectivity index (χ0) is 31.3. The number of carbonyl (C=O) groups is 5. The minimum atomic E-state index is -1.03. The van der Waals surface area contributed by atoms with Gasteiger partial charge >= 0.3 is 0 Å². The molecule has 11 heteroatoms. The van der Waals surface area contributed by atoms with Crippen molar-refractivity contribution in [3.8, 4) is 5.75 Å². The van der Waals surface area contributed by atoms with Crippen molar-refractivity contribution in [3.63, 3.8) is 0 Å². The smallest absolute Gasteiger partial charge is 0.266 e. The van der Waals surface area contributed by atoms with E-state index in [2.05, 4.69) is 15.6 Å². The summed E-state index contributed by atoms with van der Waals surface area (Å²) in [4.78, 5) is 68.1. The number of hydrogen-bond acceptors (Lipinski definition) is 8. The zero-order valence-electron chi connectivity index (χ0n) is 24.5. The first-order valence-electron chi connectivity index (χ1n) is 15.1. The Labute approximate surface area is 258 Å². The fourth-order valence-corrected chi connectivity index (χ4v) is 5.77. The summed E-state index contributed by atoms with van der Waals surface area (Å²) in [5, 5.41) is 6.25. The van der Waals surface area contributed by atoms with Gasteiger partial charge in [-0.2, -0.15) is 0 Å². The predicted molar refractivity (Wildman–Crippen MR) is 162 cm³/mol. The molecule has 1 saturated heterocycles. The first-order chi connectivity index (χ1) is 21.9. The van der Waals surface area contributed by atoms with Gasteiger partial charge in [-0.25, -0.2) is 0 Å². The predicted octanol–water partition coefficient (Wildman–Crippen LogP) is 4.46. The van der Waals surface area contributed by atoms with Crippen LogP contribution in [0.1, 0.15) is 83.0 Å². The molecule has 2 aromatic carbocycles. The number of carbonyl (C=O) groups excluding carboxylic acids is 5. The maximum absolute atomic E-state index is 13.2. The molecule has 0 spiro atoms. The molecule has 2 aliphatic heterocycles. The Bertz CT molecular complexity index is 1730.